The molecule has 0 aliphatic carbocycles. The SMILES string of the molecule is C/C=c1/c(S)ccc/c1=C(\S)CC. The van der Waals surface area contributed by atoms with Crippen molar-refractivity contribution in [1.29, 1.82) is 0 Å². The van der Waals surface area contributed by atoms with Crippen LogP contribution in [0.25, 0.3) is 11.0 Å². The van der Waals surface area contributed by atoms with E-state index in [-0.39, 0.29) is 0 Å². The highest BCUT2D eigenvalue weighted by atomic mass is 32.1. The second-order valence-corrected chi connectivity index (χ2v) is 3.85. The Balaban J connectivity index is 3.67. The van der Waals surface area contributed by atoms with Gasteiger partial charge >= 0.3 is 0 Å². The highest BCUT2D eigenvalue weighted by Gasteiger charge is 1.93. The summed E-state index contributed by atoms with van der Waals surface area (Å²) in [5.74, 6) is 0. The third-order valence-electron chi connectivity index (χ3n) is 2.02. The maximum Gasteiger partial charge on any atom is 0.0116 e. The van der Waals surface area contributed by atoms with Gasteiger partial charge in [0.25, 0.3) is 0 Å². The van der Waals surface area contributed by atoms with Crippen molar-refractivity contribution >= 4 is 36.2 Å². The molecule has 0 heterocycles. The second-order valence-electron chi connectivity index (χ2n) is 2.83. The molecular formula is C11H14S2. The van der Waals surface area contributed by atoms with E-state index in [0.717, 1.165) is 16.2 Å². The maximum absolute atomic E-state index is 4.45. The van der Waals surface area contributed by atoms with Gasteiger partial charge in [0, 0.05) is 4.90 Å². The Morgan fingerprint density at radius 3 is 2.69 bits per heavy atom. The van der Waals surface area contributed by atoms with E-state index in [9.17, 15) is 0 Å². The lowest BCUT2D eigenvalue weighted by Crippen LogP contribution is -2.26. The summed E-state index contributed by atoms with van der Waals surface area (Å²) in [4.78, 5) is 2.13. The van der Waals surface area contributed by atoms with Gasteiger partial charge in [-0.05, 0) is 34.8 Å². The zero-order valence-corrected chi connectivity index (χ0v) is 9.70. The molecule has 0 aliphatic rings. The Hall–Kier alpha value is -0.340. The van der Waals surface area contributed by atoms with Gasteiger partial charge in [0.15, 0.2) is 0 Å². The molecule has 0 saturated carbocycles. The van der Waals surface area contributed by atoms with E-state index in [1.807, 2.05) is 19.1 Å². The van der Waals surface area contributed by atoms with Crippen LogP contribution in [-0.4, -0.2) is 0 Å². The fourth-order valence-electron chi connectivity index (χ4n) is 1.30. The van der Waals surface area contributed by atoms with Crippen LogP contribution in [0.4, 0.5) is 0 Å². The van der Waals surface area contributed by atoms with Crippen LogP contribution in [0.1, 0.15) is 20.3 Å². The van der Waals surface area contributed by atoms with Gasteiger partial charge in [0.05, 0.1) is 0 Å². The number of thiol groups is 2. The molecule has 0 N–H and O–H groups in total. The van der Waals surface area contributed by atoms with Gasteiger partial charge in [-0.3, -0.25) is 0 Å². The van der Waals surface area contributed by atoms with Gasteiger partial charge in [0.1, 0.15) is 0 Å². The van der Waals surface area contributed by atoms with Crippen LogP contribution in [0.15, 0.2) is 23.1 Å². The number of rotatable bonds is 1. The van der Waals surface area contributed by atoms with E-state index in [0.29, 0.717) is 0 Å². The Kier molecular flexibility index (Phi) is 3.94. The summed E-state index contributed by atoms with van der Waals surface area (Å²) in [6, 6.07) is 6.09. The van der Waals surface area contributed by atoms with Crippen LogP contribution in [0, 0.1) is 0 Å². The number of hydrogen-bond donors (Lipinski definition) is 2. The minimum Gasteiger partial charge on any atom is -0.147 e. The molecule has 13 heavy (non-hydrogen) atoms. The van der Waals surface area contributed by atoms with Gasteiger partial charge in [-0.1, -0.05) is 25.1 Å². The molecule has 1 rings (SSSR count). The Morgan fingerprint density at radius 1 is 1.46 bits per heavy atom. The van der Waals surface area contributed by atoms with Crippen LogP contribution in [0.5, 0.6) is 0 Å². The summed E-state index contributed by atoms with van der Waals surface area (Å²) < 4.78 is 0. The van der Waals surface area contributed by atoms with Crippen molar-refractivity contribution in [3.63, 3.8) is 0 Å². The van der Waals surface area contributed by atoms with Crippen molar-refractivity contribution in [3.8, 4) is 0 Å². The van der Waals surface area contributed by atoms with Crippen LogP contribution < -0.4 is 10.4 Å². The smallest absolute Gasteiger partial charge is 0.0116 e. The van der Waals surface area contributed by atoms with Crippen LogP contribution >= 0.6 is 25.3 Å². The summed E-state index contributed by atoms with van der Waals surface area (Å²) in [5, 5.41) is 2.37. The van der Waals surface area contributed by atoms with Crippen LogP contribution in [0.2, 0.25) is 0 Å². The summed E-state index contributed by atoms with van der Waals surface area (Å²) in [6.45, 7) is 4.13. The standard InChI is InChI=1S/C11H14S2/c1-3-8-9(10(12)4-2)6-5-7-11(8)13/h3,5-7,12-13H,4H2,1-2H3/b8-3+,10-9+. The molecule has 0 aliphatic heterocycles. The first-order valence-electron chi connectivity index (χ1n) is 4.37. The summed E-state index contributed by atoms with van der Waals surface area (Å²) >= 11 is 8.86. The molecule has 1 aromatic carbocycles. The largest absolute Gasteiger partial charge is 0.147 e. The summed E-state index contributed by atoms with van der Waals surface area (Å²) in [5.41, 5.74) is 0. The summed E-state index contributed by atoms with van der Waals surface area (Å²) in [6.07, 6.45) is 3.03. The zero-order chi connectivity index (χ0) is 9.84. The molecule has 2 heteroatoms. The molecule has 0 bridgehead atoms. The van der Waals surface area contributed by atoms with E-state index in [1.165, 1.54) is 10.4 Å². The van der Waals surface area contributed by atoms with Crippen molar-refractivity contribution in [3.05, 3.63) is 28.6 Å². The van der Waals surface area contributed by atoms with E-state index < -0.39 is 0 Å². The van der Waals surface area contributed by atoms with E-state index in [1.54, 1.807) is 0 Å². The highest BCUT2D eigenvalue weighted by molar-refractivity contribution is 7.90. The second kappa shape index (κ2) is 4.77. The molecular weight excluding hydrogens is 196 g/mol. The van der Waals surface area contributed by atoms with Crippen molar-refractivity contribution in [2.24, 2.45) is 0 Å². The first-order valence-corrected chi connectivity index (χ1v) is 5.26. The average Bonchev–Trinajstić information content (AvgIpc) is 2.16. The van der Waals surface area contributed by atoms with Crippen molar-refractivity contribution < 1.29 is 0 Å². The average molecular weight is 210 g/mol. The number of benzene rings is 1. The Labute approximate surface area is 90.2 Å². The molecule has 0 aromatic heterocycles. The molecule has 0 radical (unpaired) electrons. The fourth-order valence-corrected chi connectivity index (χ4v) is 1.83. The zero-order valence-electron chi connectivity index (χ0n) is 7.91. The van der Waals surface area contributed by atoms with Crippen molar-refractivity contribution in [2.45, 2.75) is 25.2 Å². The van der Waals surface area contributed by atoms with Crippen molar-refractivity contribution in [2.75, 3.05) is 0 Å². The molecule has 0 saturated heterocycles. The predicted molar refractivity (Wildman–Crippen MR) is 65.8 cm³/mol. The van der Waals surface area contributed by atoms with Gasteiger partial charge in [0.2, 0.25) is 0 Å². The summed E-state index contributed by atoms with van der Waals surface area (Å²) in [7, 11) is 0. The highest BCUT2D eigenvalue weighted by Crippen LogP contribution is 2.03. The third kappa shape index (κ3) is 2.32. The minimum atomic E-state index is 0.960. The first-order chi connectivity index (χ1) is 6.20. The Morgan fingerprint density at radius 2 is 2.15 bits per heavy atom. The van der Waals surface area contributed by atoms with Crippen LogP contribution in [-0.2, 0) is 0 Å². The molecule has 0 fully saturated rings. The lowest BCUT2D eigenvalue weighted by atomic mass is 10.2. The molecule has 0 amide bonds. The first kappa shape index (κ1) is 10.7. The third-order valence-corrected chi connectivity index (χ3v) is 2.96. The van der Waals surface area contributed by atoms with Gasteiger partial charge in [-0.15, -0.1) is 25.3 Å². The number of hydrogen-bond acceptors (Lipinski definition) is 2. The van der Waals surface area contributed by atoms with E-state index >= 15 is 0 Å². The van der Waals surface area contributed by atoms with Crippen LogP contribution in [0.3, 0.4) is 0 Å². The molecule has 0 spiro atoms. The molecule has 0 atom stereocenters. The topological polar surface area (TPSA) is 0 Å². The minimum absolute atomic E-state index is 0.960. The quantitative estimate of drug-likeness (QED) is 0.653. The van der Waals surface area contributed by atoms with E-state index in [2.05, 4.69) is 44.3 Å². The predicted octanol–water partition coefficient (Wildman–Crippen LogP) is 2.22. The lowest BCUT2D eigenvalue weighted by molar-refractivity contribution is 1.24. The van der Waals surface area contributed by atoms with E-state index in [4.69, 9.17) is 0 Å². The van der Waals surface area contributed by atoms with Gasteiger partial charge in [-0.25, -0.2) is 0 Å². The molecule has 0 nitrogen and oxygen atoms in total. The van der Waals surface area contributed by atoms with Gasteiger partial charge < -0.3 is 0 Å². The molecule has 0 unspecified atom stereocenters. The normalized spacial score (nSPS) is 14.6. The monoisotopic (exact) mass is 210 g/mol. The fraction of sp³-hybridized carbons (Fsp3) is 0.273. The molecule has 70 valence electrons. The van der Waals surface area contributed by atoms with Crippen molar-refractivity contribution in [1.82, 2.24) is 0 Å². The lowest BCUT2D eigenvalue weighted by Gasteiger charge is -1.98. The van der Waals surface area contributed by atoms with Gasteiger partial charge in [-0.2, -0.15) is 0 Å². The maximum atomic E-state index is 4.45. The Bertz CT molecular complexity index is 405. The molecule has 1 aromatic rings.